The monoisotopic (exact) mass is 461 g/mol. The highest BCUT2D eigenvalue weighted by molar-refractivity contribution is 9.10. The first kappa shape index (κ1) is 18.3. The van der Waals surface area contributed by atoms with Crippen molar-refractivity contribution in [2.45, 2.75) is 13.1 Å². The molecule has 0 aliphatic carbocycles. The molecular weight excluding hydrogens is 452 g/mol. The first-order valence-electron chi connectivity index (χ1n) is 7.05. The van der Waals surface area contributed by atoms with E-state index in [9.17, 15) is 4.79 Å². The quantitative estimate of drug-likeness (QED) is 0.606. The van der Waals surface area contributed by atoms with Crippen LogP contribution in [0.25, 0.3) is 0 Å². The summed E-state index contributed by atoms with van der Waals surface area (Å²) in [5.74, 6) is 0.00948. The number of halogens is 4. The summed E-state index contributed by atoms with van der Waals surface area (Å²) in [5.41, 5.74) is 0.910. The van der Waals surface area contributed by atoms with Crippen molar-refractivity contribution in [1.29, 1.82) is 0 Å². The van der Waals surface area contributed by atoms with Crippen molar-refractivity contribution in [1.82, 2.24) is 19.6 Å². The third kappa shape index (κ3) is 4.76. The molecular formula is C15H11BrCl3N5O. The fraction of sp³-hybridized carbons (Fsp3) is 0.133. The Morgan fingerprint density at radius 1 is 1.12 bits per heavy atom. The van der Waals surface area contributed by atoms with Crippen LogP contribution < -0.4 is 5.32 Å². The second-order valence-corrected chi connectivity index (χ2v) is 7.31. The number of rotatable bonds is 5. The summed E-state index contributed by atoms with van der Waals surface area (Å²) in [6.45, 7) is 0.500. The number of anilines is 1. The van der Waals surface area contributed by atoms with E-state index in [-0.39, 0.29) is 18.3 Å². The van der Waals surface area contributed by atoms with E-state index in [1.807, 2.05) is 6.07 Å². The average Bonchev–Trinajstić information content (AvgIpc) is 3.09. The molecule has 0 fully saturated rings. The standard InChI is InChI=1S/C15H11BrCl3N5O/c16-10-4-20-23(6-10)8-14(25)21-15-13(19)7-24(22-15)5-9-1-2-11(17)12(18)3-9/h1-4,6-7H,5,8H2,(H,21,22,25). The first-order chi connectivity index (χ1) is 11.9. The number of amides is 1. The number of hydrogen-bond donors (Lipinski definition) is 1. The van der Waals surface area contributed by atoms with Crippen molar-refractivity contribution >= 4 is 62.5 Å². The number of nitrogens with zero attached hydrogens (tertiary/aromatic N) is 4. The Balaban J connectivity index is 1.67. The van der Waals surface area contributed by atoms with Crippen LogP contribution in [0.4, 0.5) is 5.82 Å². The molecule has 0 spiro atoms. The molecule has 1 amide bonds. The van der Waals surface area contributed by atoms with Gasteiger partial charge in [-0.3, -0.25) is 14.2 Å². The Kier molecular flexibility index (Phi) is 5.68. The molecule has 1 aromatic carbocycles. The molecule has 3 aromatic rings. The normalized spacial score (nSPS) is 10.9. The van der Waals surface area contributed by atoms with Gasteiger partial charge in [-0.2, -0.15) is 10.2 Å². The summed E-state index contributed by atoms with van der Waals surface area (Å²) in [7, 11) is 0. The average molecular weight is 464 g/mol. The predicted molar refractivity (Wildman–Crippen MR) is 101 cm³/mol. The van der Waals surface area contributed by atoms with Crippen molar-refractivity contribution in [2.75, 3.05) is 5.32 Å². The Morgan fingerprint density at radius 2 is 1.92 bits per heavy atom. The van der Waals surface area contributed by atoms with Crippen LogP contribution in [0.2, 0.25) is 15.1 Å². The molecule has 0 bridgehead atoms. The highest BCUT2D eigenvalue weighted by atomic mass is 79.9. The van der Waals surface area contributed by atoms with E-state index >= 15 is 0 Å². The van der Waals surface area contributed by atoms with Crippen molar-refractivity contribution in [2.24, 2.45) is 0 Å². The molecule has 0 aliphatic heterocycles. The minimum absolute atomic E-state index is 0.0571. The van der Waals surface area contributed by atoms with Crippen LogP contribution >= 0.6 is 50.7 Å². The molecule has 3 rings (SSSR count). The number of hydrogen-bond acceptors (Lipinski definition) is 3. The highest BCUT2D eigenvalue weighted by Gasteiger charge is 2.12. The maximum Gasteiger partial charge on any atom is 0.247 e. The third-order valence-electron chi connectivity index (χ3n) is 3.21. The Morgan fingerprint density at radius 3 is 2.60 bits per heavy atom. The lowest BCUT2D eigenvalue weighted by Crippen LogP contribution is -2.19. The Hall–Kier alpha value is -1.54. The molecule has 0 saturated carbocycles. The van der Waals surface area contributed by atoms with Crippen LogP contribution in [0.1, 0.15) is 5.56 Å². The number of carbonyl (C=O) groups is 1. The molecule has 25 heavy (non-hydrogen) atoms. The summed E-state index contributed by atoms with van der Waals surface area (Å²) in [5, 5.41) is 12.3. The van der Waals surface area contributed by atoms with Gasteiger partial charge in [-0.25, -0.2) is 0 Å². The molecule has 2 heterocycles. The third-order valence-corrected chi connectivity index (χ3v) is 4.64. The molecule has 1 N–H and O–H groups in total. The van der Waals surface area contributed by atoms with Crippen LogP contribution in [0.15, 0.2) is 41.3 Å². The Labute approximate surface area is 166 Å². The predicted octanol–water partition coefficient (Wildman–Crippen LogP) is 4.49. The summed E-state index contributed by atoms with van der Waals surface area (Å²) in [6.07, 6.45) is 4.93. The first-order valence-corrected chi connectivity index (χ1v) is 8.98. The zero-order valence-corrected chi connectivity index (χ0v) is 16.4. The number of nitrogens with one attached hydrogen (secondary N) is 1. The fourth-order valence-electron chi connectivity index (χ4n) is 2.13. The summed E-state index contributed by atoms with van der Waals surface area (Å²) < 4.78 is 3.91. The SMILES string of the molecule is O=C(Cn1cc(Br)cn1)Nc1nn(Cc2ccc(Cl)c(Cl)c2)cc1Cl. The number of carbonyl (C=O) groups excluding carboxylic acids is 1. The van der Waals surface area contributed by atoms with Gasteiger partial charge in [0, 0.05) is 12.4 Å². The summed E-state index contributed by atoms with van der Waals surface area (Å²) in [4.78, 5) is 12.1. The number of benzene rings is 1. The lowest BCUT2D eigenvalue weighted by atomic mass is 10.2. The Bertz CT molecular complexity index is 924. The van der Waals surface area contributed by atoms with Crippen LogP contribution in [0.5, 0.6) is 0 Å². The summed E-state index contributed by atoms with van der Waals surface area (Å²) >= 11 is 21.3. The second kappa shape index (κ2) is 7.78. The molecule has 10 heteroatoms. The van der Waals surface area contributed by atoms with Gasteiger partial charge < -0.3 is 5.32 Å². The zero-order valence-electron chi connectivity index (χ0n) is 12.6. The van der Waals surface area contributed by atoms with E-state index in [1.54, 1.807) is 35.4 Å². The van der Waals surface area contributed by atoms with Crippen LogP contribution in [0, 0.1) is 0 Å². The van der Waals surface area contributed by atoms with Crippen LogP contribution in [0.3, 0.4) is 0 Å². The van der Waals surface area contributed by atoms with E-state index < -0.39 is 0 Å². The lowest BCUT2D eigenvalue weighted by Gasteiger charge is -2.04. The van der Waals surface area contributed by atoms with Gasteiger partial charge in [-0.1, -0.05) is 40.9 Å². The van der Waals surface area contributed by atoms with E-state index in [1.165, 1.54) is 4.68 Å². The van der Waals surface area contributed by atoms with Gasteiger partial charge in [0.1, 0.15) is 11.6 Å². The minimum atomic E-state index is -0.280. The van der Waals surface area contributed by atoms with Gasteiger partial charge in [0.05, 0.1) is 27.3 Å². The van der Waals surface area contributed by atoms with E-state index in [0.29, 0.717) is 21.6 Å². The van der Waals surface area contributed by atoms with Gasteiger partial charge in [-0.15, -0.1) is 0 Å². The van der Waals surface area contributed by atoms with Crippen molar-refractivity contribution in [3.8, 4) is 0 Å². The summed E-state index contributed by atoms with van der Waals surface area (Å²) in [6, 6.07) is 5.32. The van der Waals surface area contributed by atoms with Crippen LogP contribution in [-0.4, -0.2) is 25.5 Å². The van der Waals surface area contributed by atoms with E-state index in [0.717, 1.165) is 10.0 Å². The maximum atomic E-state index is 12.1. The zero-order chi connectivity index (χ0) is 18.0. The van der Waals surface area contributed by atoms with Gasteiger partial charge in [0.15, 0.2) is 5.82 Å². The van der Waals surface area contributed by atoms with E-state index in [4.69, 9.17) is 34.8 Å². The molecule has 0 atom stereocenters. The number of aromatic nitrogens is 4. The molecule has 0 radical (unpaired) electrons. The molecule has 130 valence electrons. The molecule has 2 aromatic heterocycles. The fourth-order valence-corrected chi connectivity index (χ4v) is 2.98. The molecule has 0 saturated heterocycles. The highest BCUT2D eigenvalue weighted by Crippen LogP contribution is 2.24. The topological polar surface area (TPSA) is 64.7 Å². The largest absolute Gasteiger partial charge is 0.306 e. The van der Waals surface area contributed by atoms with Gasteiger partial charge >= 0.3 is 0 Å². The molecule has 6 nitrogen and oxygen atoms in total. The maximum absolute atomic E-state index is 12.1. The van der Waals surface area contributed by atoms with Gasteiger partial charge in [0.25, 0.3) is 0 Å². The molecule has 0 unspecified atom stereocenters. The lowest BCUT2D eigenvalue weighted by molar-refractivity contribution is -0.116. The second-order valence-electron chi connectivity index (χ2n) is 5.18. The van der Waals surface area contributed by atoms with Crippen molar-refractivity contribution < 1.29 is 4.79 Å². The van der Waals surface area contributed by atoms with Crippen molar-refractivity contribution in [3.05, 3.63) is 61.9 Å². The van der Waals surface area contributed by atoms with Gasteiger partial charge in [-0.05, 0) is 33.6 Å². The van der Waals surface area contributed by atoms with Crippen molar-refractivity contribution in [3.63, 3.8) is 0 Å². The van der Waals surface area contributed by atoms with Gasteiger partial charge in [0.2, 0.25) is 5.91 Å². The minimum Gasteiger partial charge on any atom is -0.306 e. The molecule has 0 aliphatic rings. The van der Waals surface area contributed by atoms with E-state index in [2.05, 4.69) is 31.4 Å². The smallest absolute Gasteiger partial charge is 0.247 e. The van der Waals surface area contributed by atoms with Crippen LogP contribution in [-0.2, 0) is 17.9 Å².